The highest BCUT2D eigenvalue weighted by Gasteiger charge is 2.07. The average molecular weight is 173 g/mol. The highest BCUT2D eigenvalue weighted by atomic mass is 32.1. The first-order chi connectivity index (χ1) is 5.27. The molecule has 0 aromatic carbocycles. The van der Waals surface area contributed by atoms with Gasteiger partial charge >= 0.3 is 0 Å². The Labute approximate surface area is 66.8 Å². The van der Waals surface area contributed by atoms with Crippen LogP contribution in [-0.4, -0.2) is 16.1 Å². The third kappa shape index (κ3) is 1.73. The summed E-state index contributed by atoms with van der Waals surface area (Å²) in [7, 11) is 0. The maximum atomic E-state index is 10.7. The van der Waals surface area contributed by atoms with Gasteiger partial charge in [0, 0.05) is 11.9 Å². The Bertz CT molecular complexity index is 260. The van der Waals surface area contributed by atoms with Crippen molar-refractivity contribution in [3.8, 4) is 0 Å². The van der Waals surface area contributed by atoms with E-state index in [-0.39, 0.29) is 5.69 Å². The molecule has 1 rings (SSSR count). The highest BCUT2D eigenvalue weighted by Crippen LogP contribution is 2.07. The maximum Gasteiger partial charge on any atom is 0.294 e. The standard InChI is InChI=1S/C5H7N3O2S/c6-1-4-7-3(2-11-4)5(9)8-10/h2,10H,1,6H2,(H,8,9). The average Bonchev–Trinajstić information content (AvgIpc) is 2.50. The first kappa shape index (κ1) is 8.12. The molecule has 11 heavy (non-hydrogen) atoms. The van der Waals surface area contributed by atoms with Gasteiger partial charge in [-0.1, -0.05) is 0 Å². The van der Waals surface area contributed by atoms with Crippen LogP contribution in [0, 0.1) is 0 Å². The van der Waals surface area contributed by atoms with E-state index in [4.69, 9.17) is 10.9 Å². The Balaban J connectivity index is 2.80. The third-order valence-electron chi connectivity index (χ3n) is 1.06. The summed E-state index contributed by atoms with van der Waals surface area (Å²) in [6, 6.07) is 0. The molecule has 0 saturated carbocycles. The summed E-state index contributed by atoms with van der Waals surface area (Å²) in [6.07, 6.45) is 0. The summed E-state index contributed by atoms with van der Waals surface area (Å²) < 4.78 is 0. The van der Waals surface area contributed by atoms with Gasteiger partial charge in [-0.2, -0.15) is 0 Å². The number of hydroxylamine groups is 1. The summed E-state index contributed by atoms with van der Waals surface area (Å²) in [4.78, 5) is 14.5. The first-order valence-corrected chi connectivity index (χ1v) is 3.74. The fourth-order valence-corrected chi connectivity index (χ4v) is 1.22. The molecule has 0 aliphatic carbocycles. The minimum Gasteiger partial charge on any atom is -0.325 e. The van der Waals surface area contributed by atoms with Gasteiger partial charge in [-0.05, 0) is 0 Å². The number of thiazole rings is 1. The second kappa shape index (κ2) is 3.42. The SMILES string of the molecule is NCc1nc(C(=O)NO)cs1. The van der Waals surface area contributed by atoms with E-state index < -0.39 is 5.91 Å². The molecule has 0 unspecified atom stereocenters. The van der Waals surface area contributed by atoms with E-state index in [0.717, 1.165) is 0 Å². The predicted octanol–water partition coefficient (Wildman–Crippen LogP) is -0.279. The van der Waals surface area contributed by atoms with Crippen molar-refractivity contribution >= 4 is 17.2 Å². The highest BCUT2D eigenvalue weighted by molar-refractivity contribution is 7.09. The van der Waals surface area contributed by atoms with Crippen molar-refractivity contribution in [2.24, 2.45) is 5.73 Å². The van der Waals surface area contributed by atoms with Gasteiger partial charge in [0.05, 0.1) is 0 Å². The Morgan fingerprint density at radius 3 is 3.09 bits per heavy atom. The lowest BCUT2D eigenvalue weighted by atomic mass is 10.5. The van der Waals surface area contributed by atoms with Gasteiger partial charge in [0.25, 0.3) is 5.91 Å². The second-order valence-corrected chi connectivity index (χ2v) is 2.71. The van der Waals surface area contributed by atoms with Crippen molar-refractivity contribution in [1.82, 2.24) is 10.5 Å². The molecule has 0 spiro atoms. The van der Waals surface area contributed by atoms with Crippen LogP contribution in [0.5, 0.6) is 0 Å². The molecular weight excluding hydrogens is 166 g/mol. The lowest BCUT2D eigenvalue weighted by Crippen LogP contribution is -2.19. The molecule has 1 heterocycles. The molecule has 0 saturated heterocycles. The van der Waals surface area contributed by atoms with Crippen LogP contribution >= 0.6 is 11.3 Å². The van der Waals surface area contributed by atoms with Crippen molar-refractivity contribution in [3.63, 3.8) is 0 Å². The Hall–Kier alpha value is -0.980. The summed E-state index contributed by atoms with van der Waals surface area (Å²) in [5.41, 5.74) is 6.93. The van der Waals surface area contributed by atoms with Crippen LogP contribution in [0.4, 0.5) is 0 Å². The summed E-state index contributed by atoms with van der Waals surface area (Å²) in [6.45, 7) is 0.309. The van der Waals surface area contributed by atoms with E-state index in [1.807, 2.05) is 0 Å². The predicted molar refractivity (Wildman–Crippen MR) is 39.3 cm³/mol. The second-order valence-electron chi connectivity index (χ2n) is 1.77. The number of carbonyl (C=O) groups is 1. The molecule has 4 N–H and O–H groups in total. The molecule has 0 aliphatic rings. The van der Waals surface area contributed by atoms with Crippen molar-refractivity contribution in [1.29, 1.82) is 0 Å². The molecule has 60 valence electrons. The zero-order valence-electron chi connectivity index (χ0n) is 5.57. The molecule has 0 bridgehead atoms. The zero-order valence-corrected chi connectivity index (χ0v) is 6.39. The monoisotopic (exact) mass is 173 g/mol. The molecule has 0 atom stereocenters. The van der Waals surface area contributed by atoms with Crippen molar-refractivity contribution in [2.45, 2.75) is 6.54 Å². The van der Waals surface area contributed by atoms with Crippen molar-refractivity contribution in [2.75, 3.05) is 0 Å². The van der Waals surface area contributed by atoms with Crippen LogP contribution in [0.25, 0.3) is 0 Å². The number of carbonyl (C=O) groups excluding carboxylic acids is 1. The molecule has 5 nitrogen and oxygen atoms in total. The number of nitrogens with one attached hydrogen (secondary N) is 1. The number of nitrogens with two attached hydrogens (primary N) is 1. The number of hydrogen-bond acceptors (Lipinski definition) is 5. The van der Waals surface area contributed by atoms with E-state index in [1.165, 1.54) is 22.2 Å². The molecule has 1 aromatic rings. The van der Waals surface area contributed by atoms with E-state index in [1.54, 1.807) is 0 Å². The number of aromatic nitrogens is 1. The molecule has 1 aromatic heterocycles. The Kier molecular flexibility index (Phi) is 2.53. The van der Waals surface area contributed by atoms with Crippen LogP contribution in [0.15, 0.2) is 5.38 Å². The van der Waals surface area contributed by atoms with Gasteiger partial charge in [0.15, 0.2) is 0 Å². The molecular formula is C5H7N3O2S. The Morgan fingerprint density at radius 2 is 2.64 bits per heavy atom. The topological polar surface area (TPSA) is 88.2 Å². The van der Waals surface area contributed by atoms with Crippen LogP contribution in [-0.2, 0) is 6.54 Å². The minimum atomic E-state index is -0.610. The lowest BCUT2D eigenvalue weighted by molar-refractivity contribution is 0.0701. The largest absolute Gasteiger partial charge is 0.325 e. The maximum absolute atomic E-state index is 10.7. The Morgan fingerprint density at radius 1 is 1.91 bits per heavy atom. The van der Waals surface area contributed by atoms with E-state index in [9.17, 15) is 4.79 Å². The van der Waals surface area contributed by atoms with Gasteiger partial charge < -0.3 is 5.73 Å². The van der Waals surface area contributed by atoms with Gasteiger partial charge in [-0.15, -0.1) is 11.3 Å². The van der Waals surface area contributed by atoms with Gasteiger partial charge in [0.1, 0.15) is 10.7 Å². The number of nitrogens with zero attached hydrogens (tertiary/aromatic N) is 1. The molecule has 1 amide bonds. The number of hydrogen-bond donors (Lipinski definition) is 3. The van der Waals surface area contributed by atoms with Gasteiger partial charge in [-0.25, -0.2) is 10.5 Å². The van der Waals surface area contributed by atoms with Crippen LogP contribution in [0.2, 0.25) is 0 Å². The van der Waals surface area contributed by atoms with Gasteiger partial charge in [-0.3, -0.25) is 10.0 Å². The molecule has 0 radical (unpaired) electrons. The summed E-state index contributed by atoms with van der Waals surface area (Å²) >= 11 is 1.29. The van der Waals surface area contributed by atoms with Gasteiger partial charge in [0.2, 0.25) is 0 Å². The smallest absolute Gasteiger partial charge is 0.294 e. The lowest BCUT2D eigenvalue weighted by Gasteiger charge is -1.89. The quantitative estimate of drug-likeness (QED) is 0.424. The van der Waals surface area contributed by atoms with Crippen LogP contribution < -0.4 is 11.2 Å². The summed E-state index contributed by atoms with van der Waals surface area (Å²) in [5, 5.41) is 10.4. The zero-order chi connectivity index (χ0) is 8.27. The third-order valence-corrected chi connectivity index (χ3v) is 1.93. The minimum absolute atomic E-state index is 0.193. The molecule has 0 fully saturated rings. The van der Waals surface area contributed by atoms with Crippen molar-refractivity contribution in [3.05, 3.63) is 16.1 Å². The normalized spacial score (nSPS) is 9.64. The van der Waals surface area contributed by atoms with E-state index >= 15 is 0 Å². The van der Waals surface area contributed by atoms with Crippen LogP contribution in [0.1, 0.15) is 15.5 Å². The first-order valence-electron chi connectivity index (χ1n) is 2.87. The molecule has 6 heteroatoms. The number of amides is 1. The fraction of sp³-hybridized carbons (Fsp3) is 0.200. The number of rotatable bonds is 2. The van der Waals surface area contributed by atoms with Crippen LogP contribution in [0.3, 0.4) is 0 Å². The van der Waals surface area contributed by atoms with E-state index in [2.05, 4.69) is 4.98 Å². The van der Waals surface area contributed by atoms with Crippen molar-refractivity contribution < 1.29 is 10.0 Å². The molecule has 0 aliphatic heterocycles. The summed E-state index contributed by atoms with van der Waals surface area (Å²) in [5.74, 6) is -0.610. The fourth-order valence-electron chi connectivity index (χ4n) is 0.566. The van der Waals surface area contributed by atoms with E-state index in [0.29, 0.717) is 11.6 Å².